The first-order valence-corrected chi connectivity index (χ1v) is 6.89. The Bertz CT molecular complexity index is 487. The number of aromatic nitrogens is 1. The first kappa shape index (κ1) is 14.1. The van der Waals surface area contributed by atoms with Crippen LogP contribution in [0.3, 0.4) is 0 Å². The van der Waals surface area contributed by atoms with E-state index in [0.717, 1.165) is 32.5 Å². The number of anilines is 1. The number of halogens is 1. The smallest absolute Gasteiger partial charge is 0.146 e. The lowest BCUT2D eigenvalue weighted by Crippen LogP contribution is -2.40. The first-order chi connectivity index (χ1) is 9.04. The number of hydrogen-bond donors (Lipinski definition) is 1. The summed E-state index contributed by atoms with van der Waals surface area (Å²) in [5.74, 6) is 0.612. The molecule has 1 aromatic heterocycles. The molecule has 0 radical (unpaired) electrons. The van der Waals surface area contributed by atoms with Crippen LogP contribution >= 0.6 is 11.6 Å². The molecule has 2 rings (SSSR count). The summed E-state index contributed by atoms with van der Waals surface area (Å²) in [5.41, 5.74) is 0.730. The topological polar surface area (TPSA) is 52.0 Å². The van der Waals surface area contributed by atoms with Crippen molar-refractivity contribution >= 4 is 17.4 Å². The number of pyridine rings is 1. The minimum Gasteiger partial charge on any atom is -0.368 e. The monoisotopic (exact) mass is 278 g/mol. The molecule has 1 N–H and O–H groups in total. The van der Waals surface area contributed by atoms with Gasteiger partial charge in [-0.25, -0.2) is 4.98 Å². The average molecular weight is 279 g/mol. The van der Waals surface area contributed by atoms with Crippen molar-refractivity contribution in [3.63, 3.8) is 0 Å². The van der Waals surface area contributed by atoms with Gasteiger partial charge in [-0.05, 0) is 44.5 Å². The van der Waals surface area contributed by atoms with Crippen LogP contribution in [-0.4, -0.2) is 36.6 Å². The summed E-state index contributed by atoms with van der Waals surface area (Å²) in [7, 11) is 2.15. The summed E-state index contributed by atoms with van der Waals surface area (Å²) in [5, 5.41) is 12.7. The molecule has 0 aliphatic carbocycles. The zero-order valence-electron chi connectivity index (χ0n) is 11.4. The molecule has 0 bridgehead atoms. The maximum absolute atomic E-state index is 8.94. The summed E-state index contributed by atoms with van der Waals surface area (Å²) in [6.07, 6.45) is 3.93. The van der Waals surface area contributed by atoms with E-state index in [4.69, 9.17) is 16.9 Å². The fourth-order valence-corrected chi connectivity index (χ4v) is 2.51. The van der Waals surface area contributed by atoms with Gasteiger partial charge in [-0.2, -0.15) is 5.26 Å². The van der Waals surface area contributed by atoms with Gasteiger partial charge in [-0.15, -0.1) is 0 Å². The van der Waals surface area contributed by atoms with E-state index in [0.29, 0.717) is 16.4 Å². The molecule has 4 nitrogen and oxygen atoms in total. The molecule has 102 valence electrons. The van der Waals surface area contributed by atoms with Crippen molar-refractivity contribution in [2.75, 3.05) is 32.0 Å². The number of nitrogens with zero attached hydrogens (tertiary/aromatic N) is 3. The lowest BCUT2D eigenvalue weighted by atomic mass is 9.80. The van der Waals surface area contributed by atoms with Crippen LogP contribution in [0.25, 0.3) is 0 Å². The van der Waals surface area contributed by atoms with E-state index >= 15 is 0 Å². The second kappa shape index (κ2) is 5.77. The third kappa shape index (κ3) is 3.37. The van der Waals surface area contributed by atoms with E-state index in [1.165, 1.54) is 0 Å². The standard InChI is InChI=1S/C14H19ClN4/c1-14(4-7-19(2)8-5-14)10-18-13-12(15)11(9-16)3-6-17-13/h3,6H,4-5,7-8,10H2,1-2H3,(H,17,18). The summed E-state index contributed by atoms with van der Waals surface area (Å²) in [4.78, 5) is 6.56. The Labute approximate surface area is 119 Å². The number of piperidine rings is 1. The van der Waals surface area contributed by atoms with Gasteiger partial charge in [0.15, 0.2) is 0 Å². The van der Waals surface area contributed by atoms with Gasteiger partial charge < -0.3 is 10.2 Å². The van der Waals surface area contributed by atoms with Gasteiger partial charge in [0.2, 0.25) is 0 Å². The fourth-order valence-electron chi connectivity index (χ4n) is 2.29. The van der Waals surface area contributed by atoms with Crippen molar-refractivity contribution in [1.82, 2.24) is 9.88 Å². The average Bonchev–Trinajstić information content (AvgIpc) is 2.41. The van der Waals surface area contributed by atoms with Gasteiger partial charge in [-0.1, -0.05) is 18.5 Å². The lowest BCUT2D eigenvalue weighted by molar-refractivity contribution is 0.150. The number of nitriles is 1. The number of nitrogens with one attached hydrogen (secondary N) is 1. The predicted molar refractivity (Wildman–Crippen MR) is 77.3 cm³/mol. The minimum atomic E-state index is 0.264. The van der Waals surface area contributed by atoms with Gasteiger partial charge in [0.1, 0.15) is 16.9 Å². The van der Waals surface area contributed by atoms with E-state index in [9.17, 15) is 0 Å². The summed E-state index contributed by atoms with van der Waals surface area (Å²) in [6.45, 7) is 5.37. The maximum Gasteiger partial charge on any atom is 0.146 e. The molecule has 1 fully saturated rings. The maximum atomic E-state index is 8.94. The molecular weight excluding hydrogens is 260 g/mol. The van der Waals surface area contributed by atoms with E-state index in [1.807, 2.05) is 0 Å². The first-order valence-electron chi connectivity index (χ1n) is 6.51. The zero-order valence-corrected chi connectivity index (χ0v) is 12.2. The molecule has 1 aliphatic heterocycles. The summed E-state index contributed by atoms with van der Waals surface area (Å²) >= 11 is 6.14. The molecule has 1 saturated heterocycles. The molecule has 0 aromatic carbocycles. The highest BCUT2D eigenvalue weighted by Crippen LogP contribution is 2.31. The largest absolute Gasteiger partial charge is 0.368 e. The number of rotatable bonds is 3. The highest BCUT2D eigenvalue weighted by molar-refractivity contribution is 6.34. The van der Waals surface area contributed by atoms with Gasteiger partial charge >= 0.3 is 0 Å². The highest BCUT2D eigenvalue weighted by atomic mass is 35.5. The Morgan fingerprint density at radius 2 is 2.21 bits per heavy atom. The number of likely N-dealkylation sites (tertiary alicyclic amines) is 1. The van der Waals surface area contributed by atoms with Crippen LogP contribution < -0.4 is 5.32 Å². The van der Waals surface area contributed by atoms with E-state index in [2.05, 4.69) is 35.2 Å². The molecule has 2 heterocycles. The van der Waals surface area contributed by atoms with E-state index in [1.54, 1.807) is 12.3 Å². The molecule has 0 saturated carbocycles. The molecule has 5 heteroatoms. The van der Waals surface area contributed by atoms with Crippen LogP contribution in [0.2, 0.25) is 5.02 Å². The Morgan fingerprint density at radius 1 is 1.53 bits per heavy atom. The van der Waals surface area contributed by atoms with Crippen LogP contribution in [-0.2, 0) is 0 Å². The Morgan fingerprint density at radius 3 is 2.84 bits per heavy atom. The molecule has 0 atom stereocenters. The zero-order chi connectivity index (χ0) is 13.9. The molecule has 19 heavy (non-hydrogen) atoms. The normalized spacial score (nSPS) is 18.8. The van der Waals surface area contributed by atoms with Crippen molar-refractivity contribution in [2.45, 2.75) is 19.8 Å². The third-order valence-electron chi connectivity index (χ3n) is 3.89. The van der Waals surface area contributed by atoms with Gasteiger partial charge in [-0.3, -0.25) is 0 Å². The lowest BCUT2D eigenvalue weighted by Gasteiger charge is -2.38. The quantitative estimate of drug-likeness (QED) is 0.924. The molecule has 0 unspecified atom stereocenters. The second-order valence-corrected chi connectivity index (χ2v) is 5.98. The van der Waals surface area contributed by atoms with Crippen molar-refractivity contribution in [1.29, 1.82) is 5.26 Å². The van der Waals surface area contributed by atoms with Crippen LogP contribution in [0.1, 0.15) is 25.3 Å². The predicted octanol–water partition coefficient (Wildman–Crippen LogP) is 2.75. The van der Waals surface area contributed by atoms with Gasteiger partial charge in [0.05, 0.1) is 5.56 Å². The molecule has 1 aliphatic rings. The molecule has 1 aromatic rings. The summed E-state index contributed by atoms with van der Waals surface area (Å²) in [6, 6.07) is 3.70. The van der Waals surface area contributed by atoms with Crippen molar-refractivity contribution < 1.29 is 0 Å². The molecule has 0 spiro atoms. The fraction of sp³-hybridized carbons (Fsp3) is 0.571. The SMILES string of the molecule is CN1CCC(C)(CNc2nccc(C#N)c2Cl)CC1. The van der Waals surface area contributed by atoms with Crippen molar-refractivity contribution in [2.24, 2.45) is 5.41 Å². The van der Waals surface area contributed by atoms with Crippen molar-refractivity contribution in [3.8, 4) is 6.07 Å². The molecule has 0 amide bonds. The van der Waals surface area contributed by atoms with Crippen molar-refractivity contribution in [3.05, 3.63) is 22.8 Å². The van der Waals surface area contributed by atoms with Crippen LogP contribution in [0.5, 0.6) is 0 Å². The van der Waals surface area contributed by atoms with E-state index in [-0.39, 0.29) is 5.41 Å². The summed E-state index contributed by atoms with van der Waals surface area (Å²) < 4.78 is 0. The third-order valence-corrected chi connectivity index (χ3v) is 4.27. The molecular formula is C14H19ClN4. The number of hydrogen-bond acceptors (Lipinski definition) is 4. The Hall–Kier alpha value is -1.31. The Kier molecular flexibility index (Phi) is 4.28. The second-order valence-electron chi connectivity index (χ2n) is 5.60. The van der Waals surface area contributed by atoms with Crippen LogP contribution in [0.15, 0.2) is 12.3 Å². The van der Waals surface area contributed by atoms with Gasteiger partial charge in [0.25, 0.3) is 0 Å². The Balaban J connectivity index is 2.01. The van der Waals surface area contributed by atoms with E-state index < -0.39 is 0 Å². The van der Waals surface area contributed by atoms with Crippen LogP contribution in [0.4, 0.5) is 5.82 Å². The van der Waals surface area contributed by atoms with Crippen LogP contribution in [0, 0.1) is 16.7 Å². The highest BCUT2D eigenvalue weighted by Gasteiger charge is 2.28. The minimum absolute atomic E-state index is 0.264. The van der Waals surface area contributed by atoms with Gasteiger partial charge in [0, 0.05) is 12.7 Å².